The molecule has 3 aromatic carbocycles. The molecule has 2 amide bonds. The molecule has 0 saturated carbocycles. The third-order valence-corrected chi connectivity index (χ3v) is 8.26. The van der Waals surface area contributed by atoms with Gasteiger partial charge in [-0.3, -0.25) is 15.0 Å². The van der Waals surface area contributed by atoms with Crippen LogP contribution >= 0.6 is 0 Å². The quantitative estimate of drug-likeness (QED) is 0.130. The van der Waals surface area contributed by atoms with Crippen LogP contribution in [-0.4, -0.2) is 49.1 Å². The van der Waals surface area contributed by atoms with Crippen molar-refractivity contribution in [1.29, 1.82) is 5.41 Å². The van der Waals surface area contributed by atoms with Gasteiger partial charge in [-0.15, -0.1) is 12.3 Å². The SMILES string of the molecule is C#CCCN(C(=O)C(C)(Cc1ccccc1)NS(=O)(=O)Cc1ccccc1)[C@@H](C)C(=O)NCc1ccc(C(=N)N)cc1. The summed E-state index contributed by atoms with van der Waals surface area (Å²) in [6.07, 6.45) is 5.75. The number of hydrogen-bond acceptors (Lipinski definition) is 5. The molecule has 42 heavy (non-hydrogen) atoms. The molecule has 5 N–H and O–H groups in total. The van der Waals surface area contributed by atoms with Crippen LogP contribution in [0.3, 0.4) is 0 Å². The third-order valence-electron chi connectivity index (χ3n) is 6.79. The zero-order chi connectivity index (χ0) is 30.8. The highest BCUT2D eigenvalue weighted by atomic mass is 32.2. The fourth-order valence-electron chi connectivity index (χ4n) is 4.59. The van der Waals surface area contributed by atoms with Crippen molar-refractivity contribution in [2.75, 3.05) is 6.54 Å². The summed E-state index contributed by atoms with van der Waals surface area (Å²) in [4.78, 5) is 28.8. The number of amides is 2. The standard InChI is InChI=1S/C32H37N5O4S/c1-4-5-20-37(24(2)30(38)35-22-26-16-18-28(19-17-26)29(33)34)31(39)32(3,21-25-12-8-6-9-13-25)36-42(40,41)23-27-14-10-7-11-15-27/h1,6-19,24,36H,5,20-23H2,2-3H3,(H3,33,34)(H,35,38)/t24-,32?/m0/s1. The minimum absolute atomic E-state index is 0.0557. The molecule has 3 aromatic rings. The van der Waals surface area contributed by atoms with Gasteiger partial charge in [-0.2, -0.15) is 4.72 Å². The lowest BCUT2D eigenvalue weighted by Gasteiger charge is -2.37. The number of amidine groups is 1. The van der Waals surface area contributed by atoms with E-state index in [1.165, 1.54) is 11.8 Å². The second-order valence-electron chi connectivity index (χ2n) is 10.3. The van der Waals surface area contributed by atoms with Crippen molar-refractivity contribution in [3.63, 3.8) is 0 Å². The molecule has 220 valence electrons. The monoisotopic (exact) mass is 587 g/mol. The first-order chi connectivity index (χ1) is 19.9. The predicted molar refractivity (Wildman–Crippen MR) is 165 cm³/mol. The second-order valence-corrected chi connectivity index (χ2v) is 12.0. The maximum absolute atomic E-state index is 14.2. The fourth-order valence-corrected chi connectivity index (χ4v) is 6.14. The Bertz CT molecular complexity index is 1520. The van der Waals surface area contributed by atoms with Gasteiger partial charge in [-0.1, -0.05) is 84.9 Å². The highest BCUT2D eigenvalue weighted by Gasteiger charge is 2.42. The molecule has 0 bridgehead atoms. The Hall–Kier alpha value is -4.46. The van der Waals surface area contributed by atoms with Gasteiger partial charge in [-0.25, -0.2) is 8.42 Å². The Balaban J connectivity index is 1.86. The zero-order valence-corrected chi connectivity index (χ0v) is 24.7. The minimum Gasteiger partial charge on any atom is -0.384 e. The average molecular weight is 588 g/mol. The number of sulfonamides is 1. The molecule has 0 heterocycles. The summed E-state index contributed by atoms with van der Waals surface area (Å²) < 4.78 is 29.4. The van der Waals surface area contributed by atoms with Gasteiger partial charge in [0.1, 0.15) is 17.4 Å². The van der Waals surface area contributed by atoms with Crippen molar-refractivity contribution in [3.05, 3.63) is 107 Å². The number of nitrogen functional groups attached to an aromatic ring is 1. The molecular weight excluding hydrogens is 550 g/mol. The van der Waals surface area contributed by atoms with Crippen LogP contribution in [0.15, 0.2) is 84.9 Å². The van der Waals surface area contributed by atoms with Crippen molar-refractivity contribution in [3.8, 4) is 12.3 Å². The Morgan fingerprint density at radius 3 is 2.10 bits per heavy atom. The Morgan fingerprint density at radius 2 is 1.55 bits per heavy atom. The van der Waals surface area contributed by atoms with Gasteiger partial charge in [0, 0.05) is 31.5 Å². The Labute approximate surface area is 248 Å². The number of carbonyl (C=O) groups excluding carboxylic acids is 2. The van der Waals surface area contributed by atoms with E-state index in [9.17, 15) is 18.0 Å². The van der Waals surface area contributed by atoms with Gasteiger partial charge in [0.2, 0.25) is 21.8 Å². The number of terminal acetylenes is 1. The summed E-state index contributed by atoms with van der Waals surface area (Å²) in [7, 11) is -3.98. The highest BCUT2D eigenvalue weighted by molar-refractivity contribution is 7.88. The van der Waals surface area contributed by atoms with Crippen molar-refractivity contribution in [2.24, 2.45) is 5.73 Å². The Kier molecular flexibility index (Phi) is 11.0. The lowest BCUT2D eigenvalue weighted by atomic mass is 9.91. The Morgan fingerprint density at radius 1 is 0.976 bits per heavy atom. The molecule has 2 atom stereocenters. The molecular formula is C32H37N5O4S. The number of benzene rings is 3. The van der Waals surface area contributed by atoms with Crippen LogP contribution in [0.2, 0.25) is 0 Å². The second kappa shape index (κ2) is 14.4. The maximum Gasteiger partial charge on any atom is 0.244 e. The molecule has 0 saturated heterocycles. The van der Waals surface area contributed by atoms with Crippen molar-refractivity contribution < 1.29 is 18.0 Å². The number of nitrogens with two attached hydrogens (primary N) is 1. The van der Waals surface area contributed by atoms with Crippen LogP contribution in [-0.2, 0) is 38.3 Å². The molecule has 1 unspecified atom stereocenters. The van der Waals surface area contributed by atoms with Crippen LogP contribution in [0.5, 0.6) is 0 Å². The molecule has 0 aliphatic heterocycles. The molecule has 0 radical (unpaired) electrons. The van der Waals surface area contributed by atoms with Crippen molar-refractivity contribution in [1.82, 2.24) is 14.9 Å². The number of hydrogen-bond donors (Lipinski definition) is 4. The van der Waals surface area contributed by atoms with E-state index < -0.39 is 33.4 Å². The minimum atomic E-state index is -3.98. The molecule has 0 spiro atoms. The molecule has 0 aliphatic carbocycles. The van der Waals surface area contributed by atoms with Gasteiger partial charge < -0.3 is 16.0 Å². The zero-order valence-electron chi connectivity index (χ0n) is 23.8. The van der Waals surface area contributed by atoms with E-state index in [0.29, 0.717) is 11.1 Å². The highest BCUT2D eigenvalue weighted by Crippen LogP contribution is 2.21. The molecule has 3 rings (SSSR count). The fraction of sp³-hybridized carbons (Fsp3) is 0.281. The first-order valence-electron chi connectivity index (χ1n) is 13.5. The van der Waals surface area contributed by atoms with Gasteiger partial charge in [-0.05, 0) is 30.5 Å². The normalized spacial score (nSPS) is 13.3. The van der Waals surface area contributed by atoms with Crippen LogP contribution in [0, 0.1) is 17.8 Å². The summed E-state index contributed by atoms with van der Waals surface area (Å²) in [5.74, 6) is 1.15. The lowest BCUT2D eigenvalue weighted by molar-refractivity contribution is -0.144. The number of nitrogens with zero attached hydrogens (tertiary/aromatic N) is 1. The lowest BCUT2D eigenvalue weighted by Crippen LogP contribution is -2.62. The summed E-state index contributed by atoms with van der Waals surface area (Å²) in [6.45, 7) is 3.37. The van der Waals surface area contributed by atoms with Crippen molar-refractivity contribution >= 4 is 27.7 Å². The number of carbonyl (C=O) groups is 2. The van der Waals surface area contributed by atoms with Crippen molar-refractivity contribution in [2.45, 2.75) is 50.6 Å². The molecule has 9 nitrogen and oxygen atoms in total. The van der Waals surface area contributed by atoms with Gasteiger partial charge in [0.25, 0.3) is 0 Å². The largest absolute Gasteiger partial charge is 0.384 e. The molecule has 0 fully saturated rings. The van der Waals surface area contributed by atoms with Gasteiger partial charge >= 0.3 is 0 Å². The smallest absolute Gasteiger partial charge is 0.244 e. The van der Waals surface area contributed by atoms with Crippen LogP contribution in [0.1, 0.15) is 42.5 Å². The van der Waals surface area contributed by atoms with E-state index in [1.807, 2.05) is 30.3 Å². The van der Waals surface area contributed by atoms with Gasteiger partial charge in [0.05, 0.1) is 5.75 Å². The maximum atomic E-state index is 14.2. The third kappa shape index (κ3) is 9.03. The first-order valence-corrected chi connectivity index (χ1v) is 15.1. The molecule has 0 aliphatic rings. The topological polar surface area (TPSA) is 145 Å². The average Bonchev–Trinajstić information content (AvgIpc) is 2.96. The number of nitrogens with one attached hydrogen (secondary N) is 3. The van der Waals surface area contributed by atoms with E-state index in [4.69, 9.17) is 17.6 Å². The molecule has 10 heteroatoms. The van der Waals surface area contributed by atoms with E-state index in [-0.39, 0.29) is 37.5 Å². The molecule has 0 aromatic heterocycles. The summed E-state index contributed by atoms with van der Waals surface area (Å²) in [5.41, 5.74) is 6.57. The van der Waals surface area contributed by atoms with Crippen LogP contribution in [0.4, 0.5) is 0 Å². The summed E-state index contributed by atoms with van der Waals surface area (Å²) in [5, 5.41) is 10.4. The van der Waals surface area contributed by atoms with Gasteiger partial charge in [0.15, 0.2) is 0 Å². The summed E-state index contributed by atoms with van der Waals surface area (Å²) in [6, 6.07) is 23.7. The number of rotatable bonds is 14. The van der Waals surface area contributed by atoms with E-state index >= 15 is 0 Å². The van der Waals surface area contributed by atoms with E-state index in [0.717, 1.165) is 11.1 Å². The predicted octanol–water partition coefficient (Wildman–Crippen LogP) is 2.95. The van der Waals surface area contributed by atoms with E-state index in [1.54, 1.807) is 61.5 Å². The summed E-state index contributed by atoms with van der Waals surface area (Å²) >= 11 is 0. The van der Waals surface area contributed by atoms with Crippen LogP contribution < -0.4 is 15.8 Å². The first kappa shape index (κ1) is 32.1. The van der Waals surface area contributed by atoms with E-state index in [2.05, 4.69) is 16.0 Å². The van der Waals surface area contributed by atoms with Crippen LogP contribution in [0.25, 0.3) is 0 Å².